The number of pyridine rings is 1. The predicted octanol–water partition coefficient (Wildman–Crippen LogP) is 2.28. The molecule has 0 bridgehead atoms. The van der Waals surface area contributed by atoms with Crippen molar-refractivity contribution in [2.75, 3.05) is 0 Å². The Morgan fingerprint density at radius 3 is 2.82 bits per heavy atom. The van der Waals surface area contributed by atoms with E-state index in [0.29, 0.717) is 21.8 Å². The van der Waals surface area contributed by atoms with Crippen LogP contribution in [0.4, 0.5) is 4.39 Å². The first-order valence-corrected chi connectivity index (χ1v) is 5.57. The molecule has 0 fully saturated rings. The Hall–Kier alpha value is -2.24. The third kappa shape index (κ3) is 2.87. The molecule has 0 saturated carbocycles. The van der Waals surface area contributed by atoms with Gasteiger partial charge in [0.05, 0.1) is 5.56 Å². The number of hydrogen-bond acceptors (Lipinski definition) is 4. The van der Waals surface area contributed by atoms with Crippen LogP contribution in [-0.2, 0) is 6.67 Å². The maximum atomic E-state index is 12.3. The van der Waals surface area contributed by atoms with Crippen LogP contribution < -0.4 is 0 Å². The van der Waals surface area contributed by atoms with Gasteiger partial charge in [0.25, 0.3) is 0 Å². The molecule has 0 N–H and O–H groups in total. The van der Waals surface area contributed by atoms with Crippen molar-refractivity contribution in [1.29, 1.82) is 5.26 Å². The van der Waals surface area contributed by atoms with E-state index in [9.17, 15) is 4.39 Å². The Bertz CT molecular complexity index is 631. The van der Waals surface area contributed by atoms with Crippen LogP contribution in [0.1, 0.15) is 21.8 Å². The fourth-order valence-corrected chi connectivity index (χ4v) is 1.71. The van der Waals surface area contributed by atoms with Gasteiger partial charge in [0.1, 0.15) is 23.4 Å². The number of rotatable bonds is 1. The maximum absolute atomic E-state index is 12.3. The molecule has 0 unspecified atom stereocenters. The lowest BCUT2D eigenvalue weighted by molar-refractivity contribution is 0.483. The van der Waals surface area contributed by atoms with Crippen molar-refractivity contribution in [3.63, 3.8) is 0 Å². The minimum absolute atomic E-state index is 0.415. The zero-order chi connectivity index (χ0) is 12.1. The minimum atomic E-state index is -0.572. The largest absolute Gasteiger partial charge is 0.262 e. The Kier molecular flexibility index (Phi) is 3.44. The summed E-state index contributed by atoms with van der Waals surface area (Å²) in [6, 6.07) is 3.63. The second-order valence-corrected chi connectivity index (χ2v) is 4.03. The molecule has 2 rings (SSSR count). The van der Waals surface area contributed by atoms with E-state index in [1.807, 2.05) is 6.07 Å². The van der Waals surface area contributed by atoms with E-state index in [-0.39, 0.29) is 0 Å². The molecule has 0 aliphatic heterocycles. The van der Waals surface area contributed by atoms with E-state index >= 15 is 0 Å². The fourth-order valence-electron chi connectivity index (χ4n) is 1.14. The molecule has 2 aromatic heterocycles. The van der Waals surface area contributed by atoms with Crippen molar-refractivity contribution in [2.45, 2.75) is 6.67 Å². The predicted molar refractivity (Wildman–Crippen MR) is 61.9 cm³/mol. The van der Waals surface area contributed by atoms with Crippen molar-refractivity contribution in [3.8, 4) is 17.9 Å². The van der Waals surface area contributed by atoms with Gasteiger partial charge in [0.2, 0.25) is 0 Å². The van der Waals surface area contributed by atoms with Crippen molar-refractivity contribution >= 4 is 11.3 Å². The number of alkyl halides is 1. The average molecular weight is 243 g/mol. The molecule has 0 saturated heterocycles. The number of hydrogen-bond donors (Lipinski definition) is 0. The summed E-state index contributed by atoms with van der Waals surface area (Å²) in [5.41, 5.74) is 1.63. The summed E-state index contributed by atoms with van der Waals surface area (Å²) in [5.74, 6) is 5.63. The topological polar surface area (TPSA) is 49.6 Å². The van der Waals surface area contributed by atoms with E-state index in [0.717, 1.165) is 0 Å². The van der Waals surface area contributed by atoms with E-state index < -0.39 is 6.67 Å². The van der Waals surface area contributed by atoms with Gasteiger partial charge in [0.15, 0.2) is 0 Å². The molecular weight excluding hydrogens is 237 g/mol. The number of halogens is 1. The number of nitriles is 1. The highest BCUT2D eigenvalue weighted by Crippen LogP contribution is 2.10. The summed E-state index contributed by atoms with van der Waals surface area (Å²) in [5, 5.41) is 10.8. The van der Waals surface area contributed by atoms with Crippen LogP contribution in [0.15, 0.2) is 23.8 Å². The molecule has 17 heavy (non-hydrogen) atoms. The van der Waals surface area contributed by atoms with E-state index in [1.165, 1.54) is 17.5 Å². The molecule has 2 heterocycles. The lowest BCUT2D eigenvalue weighted by Gasteiger charge is -1.88. The first-order valence-electron chi connectivity index (χ1n) is 4.69. The highest BCUT2D eigenvalue weighted by atomic mass is 32.1. The maximum Gasteiger partial charge on any atom is 0.141 e. The molecule has 0 amide bonds. The zero-order valence-electron chi connectivity index (χ0n) is 8.64. The normalized spacial score (nSPS) is 9.18. The lowest BCUT2D eigenvalue weighted by Crippen LogP contribution is -1.82. The highest BCUT2D eigenvalue weighted by molar-refractivity contribution is 7.09. The standard InChI is InChI=1S/C12H6FN3S/c13-4-12-16-11(8-17-12)2-1-9-3-10(5-14)7-15-6-9/h3,6-8H,4H2. The highest BCUT2D eigenvalue weighted by Gasteiger charge is 1.98. The molecule has 2 aromatic rings. The van der Waals surface area contributed by atoms with Crippen LogP contribution >= 0.6 is 11.3 Å². The molecule has 5 heteroatoms. The molecule has 0 spiro atoms. The SMILES string of the molecule is N#Cc1cncc(C#Cc2csc(CF)n2)c1. The van der Waals surface area contributed by atoms with E-state index in [4.69, 9.17) is 5.26 Å². The minimum Gasteiger partial charge on any atom is -0.262 e. The second-order valence-electron chi connectivity index (χ2n) is 3.08. The van der Waals surface area contributed by atoms with Crippen molar-refractivity contribution in [1.82, 2.24) is 9.97 Å². The van der Waals surface area contributed by atoms with E-state index in [2.05, 4.69) is 21.8 Å². The molecule has 0 atom stereocenters. The molecule has 0 aliphatic carbocycles. The smallest absolute Gasteiger partial charge is 0.141 e. The van der Waals surface area contributed by atoms with Gasteiger partial charge in [-0.05, 0) is 12.0 Å². The molecular formula is C12H6FN3S. The first-order chi connectivity index (χ1) is 8.31. The summed E-state index contributed by atoms with van der Waals surface area (Å²) in [7, 11) is 0. The van der Waals surface area contributed by atoms with Gasteiger partial charge in [-0.15, -0.1) is 11.3 Å². The van der Waals surface area contributed by atoms with Crippen LogP contribution in [0.25, 0.3) is 0 Å². The van der Waals surface area contributed by atoms with Gasteiger partial charge in [-0.1, -0.05) is 5.92 Å². The van der Waals surface area contributed by atoms with Crippen molar-refractivity contribution < 1.29 is 4.39 Å². The van der Waals surface area contributed by atoms with Gasteiger partial charge in [-0.2, -0.15) is 5.26 Å². The fraction of sp³-hybridized carbons (Fsp3) is 0.0833. The Balaban J connectivity index is 2.23. The second kappa shape index (κ2) is 5.20. The van der Waals surface area contributed by atoms with Gasteiger partial charge in [-0.25, -0.2) is 9.37 Å². The Morgan fingerprint density at radius 1 is 1.29 bits per heavy atom. The summed E-state index contributed by atoms with van der Waals surface area (Å²) >= 11 is 1.24. The van der Waals surface area contributed by atoms with Crippen LogP contribution in [0.5, 0.6) is 0 Å². The van der Waals surface area contributed by atoms with Crippen LogP contribution in [0.2, 0.25) is 0 Å². The molecule has 0 radical (unpaired) electrons. The Labute approximate surface area is 102 Å². The van der Waals surface area contributed by atoms with Crippen molar-refractivity contribution in [3.05, 3.63) is 45.7 Å². The molecule has 82 valence electrons. The van der Waals surface area contributed by atoms with Gasteiger partial charge in [0, 0.05) is 23.3 Å². The third-order valence-corrected chi connectivity index (χ3v) is 2.68. The number of aromatic nitrogens is 2. The summed E-state index contributed by atoms with van der Waals surface area (Å²) < 4.78 is 12.3. The zero-order valence-corrected chi connectivity index (χ0v) is 9.46. The summed E-state index contributed by atoms with van der Waals surface area (Å²) in [6.07, 6.45) is 3.03. The quantitative estimate of drug-likeness (QED) is 0.722. The van der Waals surface area contributed by atoms with Crippen LogP contribution in [-0.4, -0.2) is 9.97 Å². The summed E-state index contributed by atoms with van der Waals surface area (Å²) in [6.45, 7) is -0.572. The number of nitrogens with zero attached hydrogens (tertiary/aromatic N) is 3. The van der Waals surface area contributed by atoms with Crippen LogP contribution in [0.3, 0.4) is 0 Å². The van der Waals surface area contributed by atoms with E-state index in [1.54, 1.807) is 17.6 Å². The molecule has 0 aromatic carbocycles. The Morgan fingerprint density at radius 2 is 2.12 bits per heavy atom. The first kappa shape index (κ1) is 11.3. The summed E-state index contributed by atoms with van der Waals surface area (Å²) in [4.78, 5) is 7.86. The third-order valence-electron chi connectivity index (χ3n) is 1.87. The number of thiazole rings is 1. The lowest BCUT2D eigenvalue weighted by atomic mass is 10.2. The monoisotopic (exact) mass is 243 g/mol. The van der Waals surface area contributed by atoms with Gasteiger partial charge in [-0.3, -0.25) is 4.98 Å². The van der Waals surface area contributed by atoms with Crippen LogP contribution in [0, 0.1) is 23.2 Å². The molecule has 0 aliphatic rings. The van der Waals surface area contributed by atoms with Gasteiger partial charge < -0.3 is 0 Å². The van der Waals surface area contributed by atoms with Crippen molar-refractivity contribution in [2.24, 2.45) is 0 Å². The molecule has 3 nitrogen and oxygen atoms in total. The average Bonchev–Trinajstić information content (AvgIpc) is 2.84. The van der Waals surface area contributed by atoms with Gasteiger partial charge >= 0.3 is 0 Å².